The molecule has 1 aromatic carbocycles. The molecule has 0 spiro atoms. The normalized spacial score (nSPS) is 16.5. The van der Waals surface area contributed by atoms with E-state index in [0.29, 0.717) is 0 Å². The van der Waals surface area contributed by atoms with E-state index in [4.69, 9.17) is 5.11 Å². The van der Waals surface area contributed by atoms with E-state index in [-0.39, 0.29) is 50.5 Å². The lowest BCUT2D eigenvalue weighted by atomic mass is 10.2. The van der Waals surface area contributed by atoms with Gasteiger partial charge in [-0.25, -0.2) is 17.2 Å². The van der Waals surface area contributed by atoms with E-state index in [0.717, 1.165) is 18.2 Å². The van der Waals surface area contributed by atoms with Gasteiger partial charge >= 0.3 is 5.97 Å². The zero-order chi connectivity index (χ0) is 17.0. The van der Waals surface area contributed by atoms with E-state index in [1.54, 1.807) is 4.90 Å². The summed E-state index contributed by atoms with van der Waals surface area (Å²) < 4.78 is 52.4. The van der Waals surface area contributed by atoms with Crippen molar-refractivity contribution >= 4 is 21.7 Å². The van der Waals surface area contributed by atoms with Gasteiger partial charge in [-0.2, -0.15) is 4.31 Å². The number of benzene rings is 1. The number of hydrogen-bond donors (Lipinski definition) is 1. The van der Waals surface area contributed by atoms with Gasteiger partial charge in [-0.15, -0.1) is 0 Å². The van der Waals surface area contributed by atoms with Gasteiger partial charge < -0.3 is 10.0 Å². The van der Waals surface area contributed by atoms with Gasteiger partial charge in [0, 0.05) is 38.7 Å². The molecule has 0 atom stereocenters. The van der Waals surface area contributed by atoms with Crippen LogP contribution in [0.3, 0.4) is 0 Å². The van der Waals surface area contributed by atoms with Crippen LogP contribution in [-0.4, -0.2) is 55.7 Å². The van der Waals surface area contributed by atoms with Crippen LogP contribution in [0.25, 0.3) is 0 Å². The van der Waals surface area contributed by atoms with Crippen LogP contribution in [-0.2, 0) is 14.8 Å². The lowest BCUT2D eigenvalue weighted by molar-refractivity contribution is -0.137. The second kappa shape index (κ2) is 7.22. The number of nitrogens with zero attached hydrogens (tertiary/aromatic N) is 2. The molecule has 0 amide bonds. The van der Waals surface area contributed by atoms with Crippen molar-refractivity contribution in [3.05, 3.63) is 29.8 Å². The molecule has 1 aliphatic rings. The van der Waals surface area contributed by atoms with Crippen LogP contribution in [0.5, 0.6) is 0 Å². The van der Waals surface area contributed by atoms with Crippen molar-refractivity contribution in [3.8, 4) is 0 Å². The number of sulfonamides is 1. The molecule has 6 nitrogen and oxygen atoms in total. The number of carboxylic acids is 1. The zero-order valence-corrected chi connectivity index (χ0v) is 13.2. The average Bonchev–Trinajstić information content (AvgIpc) is 2.49. The predicted octanol–water partition coefficient (Wildman–Crippen LogP) is 1.28. The van der Waals surface area contributed by atoms with Crippen molar-refractivity contribution in [1.82, 2.24) is 4.31 Å². The Hall–Kier alpha value is -1.74. The molecule has 9 heteroatoms. The van der Waals surface area contributed by atoms with E-state index < -0.39 is 27.6 Å². The van der Waals surface area contributed by atoms with Gasteiger partial charge in [-0.3, -0.25) is 4.79 Å². The summed E-state index contributed by atoms with van der Waals surface area (Å²) >= 11 is 0. The van der Waals surface area contributed by atoms with Gasteiger partial charge in [-0.05, 0) is 18.6 Å². The van der Waals surface area contributed by atoms with E-state index >= 15 is 0 Å². The van der Waals surface area contributed by atoms with Crippen molar-refractivity contribution in [2.75, 3.05) is 36.8 Å². The molecule has 1 heterocycles. The Morgan fingerprint density at radius 1 is 1.17 bits per heavy atom. The zero-order valence-electron chi connectivity index (χ0n) is 12.4. The van der Waals surface area contributed by atoms with Crippen molar-refractivity contribution in [3.63, 3.8) is 0 Å². The minimum atomic E-state index is -3.53. The molecule has 0 bridgehead atoms. The monoisotopic (exact) mass is 348 g/mol. The van der Waals surface area contributed by atoms with Gasteiger partial charge in [0.05, 0.1) is 11.4 Å². The van der Waals surface area contributed by atoms with Crippen LogP contribution < -0.4 is 4.90 Å². The Morgan fingerprint density at radius 3 is 2.43 bits per heavy atom. The Morgan fingerprint density at radius 2 is 1.83 bits per heavy atom. The Balaban J connectivity index is 1.95. The smallest absolute Gasteiger partial charge is 0.303 e. The first kappa shape index (κ1) is 17.6. The summed E-state index contributed by atoms with van der Waals surface area (Å²) in [7, 11) is -3.53. The van der Waals surface area contributed by atoms with Crippen LogP contribution >= 0.6 is 0 Å². The summed E-state index contributed by atoms with van der Waals surface area (Å²) in [6.07, 6.45) is -0.149. The average molecular weight is 348 g/mol. The van der Waals surface area contributed by atoms with Crippen LogP contribution in [0, 0.1) is 11.6 Å². The maximum absolute atomic E-state index is 13.7. The molecule has 1 saturated heterocycles. The number of halogens is 2. The van der Waals surface area contributed by atoms with E-state index in [9.17, 15) is 22.0 Å². The highest BCUT2D eigenvalue weighted by atomic mass is 32.2. The maximum Gasteiger partial charge on any atom is 0.303 e. The number of hydrogen-bond acceptors (Lipinski definition) is 4. The molecule has 0 aliphatic carbocycles. The molecule has 0 unspecified atom stereocenters. The molecule has 0 saturated carbocycles. The third-order valence-electron chi connectivity index (χ3n) is 3.67. The molecular formula is C14H18F2N2O4S. The molecule has 1 fully saturated rings. The fraction of sp³-hybridized carbons (Fsp3) is 0.500. The Bertz CT molecular complexity index is 673. The summed E-state index contributed by atoms with van der Waals surface area (Å²) in [6.45, 7) is 0.813. The highest BCUT2D eigenvalue weighted by Crippen LogP contribution is 2.22. The van der Waals surface area contributed by atoms with E-state index in [1.807, 2.05) is 0 Å². The van der Waals surface area contributed by atoms with Gasteiger partial charge in [-0.1, -0.05) is 0 Å². The third kappa shape index (κ3) is 4.61. The standard InChI is InChI=1S/C14H18F2N2O4S/c15-11-3-4-12(16)13(10-11)17-5-7-18(8-6-17)23(21,22)9-1-2-14(19)20/h3-4,10H,1-2,5-9H2,(H,19,20). The molecular weight excluding hydrogens is 330 g/mol. The number of carbonyl (C=O) groups is 1. The van der Waals surface area contributed by atoms with Gasteiger partial charge in [0.2, 0.25) is 10.0 Å². The van der Waals surface area contributed by atoms with Crippen LogP contribution in [0.4, 0.5) is 14.5 Å². The van der Waals surface area contributed by atoms with Crippen LogP contribution in [0.2, 0.25) is 0 Å². The highest BCUT2D eigenvalue weighted by Gasteiger charge is 2.27. The first-order chi connectivity index (χ1) is 10.8. The summed E-state index contributed by atoms with van der Waals surface area (Å²) in [6, 6.07) is 3.16. The van der Waals surface area contributed by atoms with E-state index in [1.165, 1.54) is 4.31 Å². The maximum atomic E-state index is 13.7. The number of aliphatic carboxylic acids is 1. The topological polar surface area (TPSA) is 77.9 Å². The van der Waals surface area contributed by atoms with Crippen LogP contribution in [0.1, 0.15) is 12.8 Å². The van der Waals surface area contributed by atoms with Crippen molar-refractivity contribution in [2.24, 2.45) is 0 Å². The largest absolute Gasteiger partial charge is 0.481 e. The Labute approximate surface area is 133 Å². The molecule has 1 N–H and O–H groups in total. The van der Waals surface area contributed by atoms with Crippen molar-refractivity contribution in [1.29, 1.82) is 0 Å². The number of piperazine rings is 1. The quantitative estimate of drug-likeness (QED) is 0.838. The SMILES string of the molecule is O=C(O)CCCS(=O)(=O)N1CCN(c2cc(F)ccc2F)CC1. The summed E-state index contributed by atoms with van der Waals surface area (Å²) in [5.74, 6) is -2.37. The summed E-state index contributed by atoms with van der Waals surface area (Å²) in [5, 5.41) is 8.55. The number of rotatable bonds is 6. The third-order valence-corrected chi connectivity index (χ3v) is 5.63. The second-order valence-corrected chi connectivity index (χ2v) is 7.38. The second-order valence-electron chi connectivity index (χ2n) is 5.30. The lowest BCUT2D eigenvalue weighted by Gasteiger charge is -2.35. The predicted molar refractivity (Wildman–Crippen MR) is 80.8 cm³/mol. The molecule has 23 heavy (non-hydrogen) atoms. The lowest BCUT2D eigenvalue weighted by Crippen LogP contribution is -2.49. The molecule has 0 radical (unpaired) electrons. The van der Waals surface area contributed by atoms with Gasteiger partial charge in [0.25, 0.3) is 0 Å². The number of anilines is 1. The molecule has 0 aromatic heterocycles. The molecule has 1 aromatic rings. The van der Waals surface area contributed by atoms with Gasteiger partial charge in [0.1, 0.15) is 11.6 Å². The summed E-state index contributed by atoms with van der Waals surface area (Å²) in [5.41, 5.74) is 0.118. The van der Waals surface area contributed by atoms with Crippen molar-refractivity contribution < 1.29 is 27.1 Å². The fourth-order valence-electron chi connectivity index (χ4n) is 2.47. The fourth-order valence-corrected chi connectivity index (χ4v) is 3.96. The minimum Gasteiger partial charge on any atom is -0.481 e. The summed E-state index contributed by atoms with van der Waals surface area (Å²) in [4.78, 5) is 12.0. The first-order valence-corrected chi connectivity index (χ1v) is 8.80. The van der Waals surface area contributed by atoms with Crippen LogP contribution in [0.15, 0.2) is 18.2 Å². The molecule has 2 rings (SSSR count). The first-order valence-electron chi connectivity index (χ1n) is 7.19. The molecule has 128 valence electrons. The van der Waals surface area contributed by atoms with E-state index in [2.05, 4.69) is 0 Å². The van der Waals surface area contributed by atoms with Gasteiger partial charge in [0.15, 0.2) is 0 Å². The highest BCUT2D eigenvalue weighted by molar-refractivity contribution is 7.89. The van der Waals surface area contributed by atoms with Crippen molar-refractivity contribution in [2.45, 2.75) is 12.8 Å². The molecule has 1 aliphatic heterocycles. The Kier molecular flexibility index (Phi) is 5.53. The number of carboxylic acid groups (broad SMARTS) is 1. The minimum absolute atomic E-state index is 0.0520.